The normalized spacial score (nSPS) is 20.6. The van der Waals surface area contributed by atoms with Gasteiger partial charge in [0.2, 0.25) is 0 Å². The van der Waals surface area contributed by atoms with Crippen molar-refractivity contribution in [2.75, 3.05) is 18.8 Å². The van der Waals surface area contributed by atoms with Crippen LogP contribution in [0.25, 0.3) is 10.9 Å². The number of amides is 1. The number of benzene rings is 1. The molecular formula is C22H23N3O2S. The summed E-state index contributed by atoms with van der Waals surface area (Å²) in [7, 11) is 2.02. The molecule has 2 aromatic heterocycles. The van der Waals surface area contributed by atoms with Crippen LogP contribution in [0.5, 0.6) is 0 Å². The molecule has 2 fully saturated rings. The lowest BCUT2D eigenvalue weighted by molar-refractivity contribution is 0.0255. The van der Waals surface area contributed by atoms with E-state index in [1.165, 1.54) is 0 Å². The number of rotatable bonds is 4. The molecule has 2 aliphatic rings. The molecule has 1 spiro atoms. The van der Waals surface area contributed by atoms with Crippen molar-refractivity contribution in [2.24, 2.45) is 7.05 Å². The van der Waals surface area contributed by atoms with Gasteiger partial charge in [0.15, 0.2) is 0 Å². The lowest BCUT2D eigenvalue weighted by atomic mass is 9.92. The van der Waals surface area contributed by atoms with Gasteiger partial charge in [0.05, 0.1) is 17.5 Å². The van der Waals surface area contributed by atoms with Gasteiger partial charge in [-0.2, -0.15) is 0 Å². The van der Waals surface area contributed by atoms with Crippen LogP contribution >= 0.6 is 11.8 Å². The fourth-order valence-corrected chi connectivity index (χ4v) is 5.77. The molecule has 0 aliphatic carbocycles. The first kappa shape index (κ1) is 17.8. The molecule has 0 N–H and O–H groups in total. The maximum absolute atomic E-state index is 12.9. The van der Waals surface area contributed by atoms with E-state index in [0.717, 1.165) is 47.3 Å². The highest BCUT2D eigenvalue weighted by molar-refractivity contribution is 8.01. The Kier molecular flexibility index (Phi) is 4.40. The molecule has 0 saturated carbocycles. The smallest absolute Gasteiger partial charge is 0.253 e. The zero-order valence-corrected chi connectivity index (χ0v) is 16.7. The summed E-state index contributed by atoms with van der Waals surface area (Å²) in [5, 5.41) is 1.11. The largest absolute Gasteiger partial charge is 0.373 e. The highest BCUT2D eigenvalue weighted by Gasteiger charge is 2.51. The number of hydrogen-bond acceptors (Lipinski definition) is 4. The van der Waals surface area contributed by atoms with Crippen LogP contribution in [-0.4, -0.2) is 50.1 Å². The number of aryl methyl sites for hydroxylation is 1. The molecule has 3 aromatic rings. The lowest BCUT2D eigenvalue weighted by Gasteiger charge is -2.47. The molecule has 0 bridgehead atoms. The molecule has 6 heteroatoms. The van der Waals surface area contributed by atoms with Crippen LogP contribution < -0.4 is 0 Å². The molecule has 1 aromatic carbocycles. The van der Waals surface area contributed by atoms with Crippen molar-refractivity contribution in [3.8, 4) is 0 Å². The predicted octanol–water partition coefficient (Wildman–Crippen LogP) is 3.49. The molecule has 5 rings (SSSR count). The van der Waals surface area contributed by atoms with Crippen molar-refractivity contribution >= 4 is 28.6 Å². The Balaban J connectivity index is 1.18. The minimum absolute atomic E-state index is 0.136. The average Bonchev–Trinajstić information content (AvgIpc) is 3.29. The van der Waals surface area contributed by atoms with Gasteiger partial charge in [0.25, 0.3) is 5.91 Å². The van der Waals surface area contributed by atoms with Gasteiger partial charge in [-0.1, -0.05) is 6.07 Å². The standard InChI is InChI=1S/C22H23N3O2S/c1-24-8-6-17-9-18(4-5-20(17)24)21(26)25-14-22(15-25)10-19(13-28-22)27-12-16-3-2-7-23-11-16/h2-9,11,19H,10,12-15H2,1H3. The number of hydrogen-bond donors (Lipinski definition) is 0. The molecule has 0 radical (unpaired) electrons. The number of pyridine rings is 1. The molecule has 5 nitrogen and oxygen atoms in total. The molecule has 2 aliphatic heterocycles. The number of likely N-dealkylation sites (tertiary alicyclic amines) is 1. The van der Waals surface area contributed by atoms with Crippen LogP contribution in [0.3, 0.4) is 0 Å². The lowest BCUT2D eigenvalue weighted by Crippen LogP contribution is -2.60. The van der Waals surface area contributed by atoms with Crippen LogP contribution in [0.2, 0.25) is 0 Å². The van der Waals surface area contributed by atoms with Crippen molar-refractivity contribution in [2.45, 2.75) is 23.9 Å². The quantitative estimate of drug-likeness (QED) is 0.681. The predicted molar refractivity (Wildman–Crippen MR) is 111 cm³/mol. The third-order valence-corrected chi connectivity index (χ3v) is 7.34. The van der Waals surface area contributed by atoms with Crippen LogP contribution in [0.1, 0.15) is 22.3 Å². The first-order valence-electron chi connectivity index (χ1n) is 9.61. The second-order valence-corrected chi connectivity index (χ2v) is 9.34. The van der Waals surface area contributed by atoms with Gasteiger partial charge in [-0.25, -0.2) is 0 Å². The number of carbonyl (C=O) groups excluding carboxylic acids is 1. The zero-order valence-electron chi connectivity index (χ0n) is 15.9. The Morgan fingerprint density at radius 1 is 1.32 bits per heavy atom. The van der Waals surface area contributed by atoms with Crippen LogP contribution in [0.4, 0.5) is 0 Å². The minimum atomic E-state index is 0.136. The number of carbonyl (C=O) groups is 1. The van der Waals surface area contributed by atoms with Crippen molar-refractivity contribution in [3.05, 3.63) is 66.1 Å². The van der Waals surface area contributed by atoms with E-state index in [2.05, 4.69) is 15.6 Å². The van der Waals surface area contributed by atoms with Crippen molar-refractivity contribution in [1.82, 2.24) is 14.5 Å². The third-order valence-electron chi connectivity index (χ3n) is 5.76. The van der Waals surface area contributed by atoms with Gasteiger partial charge >= 0.3 is 0 Å². The molecule has 28 heavy (non-hydrogen) atoms. The average molecular weight is 394 g/mol. The summed E-state index contributed by atoms with van der Waals surface area (Å²) >= 11 is 1.96. The maximum Gasteiger partial charge on any atom is 0.253 e. The molecule has 1 atom stereocenters. The fourth-order valence-electron chi connectivity index (χ4n) is 4.22. The second-order valence-electron chi connectivity index (χ2n) is 7.85. The van der Waals surface area contributed by atoms with Gasteiger partial charge in [-0.05, 0) is 42.3 Å². The van der Waals surface area contributed by atoms with E-state index in [4.69, 9.17) is 4.74 Å². The van der Waals surface area contributed by atoms with Gasteiger partial charge in [-0.15, -0.1) is 11.8 Å². The Hall–Kier alpha value is -2.31. The molecule has 1 amide bonds. The zero-order chi connectivity index (χ0) is 19.1. The van der Waals surface area contributed by atoms with Gasteiger partial charge in [-0.3, -0.25) is 9.78 Å². The highest BCUT2D eigenvalue weighted by atomic mass is 32.2. The summed E-state index contributed by atoms with van der Waals surface area (Å²) in [6.07, 6.45) is 6.92. The summed E-state index contributed by atoms with van der Waals surface area (Å²) < 4.78 is 8.33. The maximum atomic E-state index is 12.9. The van der Waals surface area contributed by atoms with Crippen molar-refractivity contribution in [1.29, 1.82) is 0 Å². The van der Waals surface area contributed by atoms with E-state index in [1.807, 2.05) is 66.4 Å². The van der Waals surface area contributed by atoms with Gasteiger partial charge < -0.3 is 14.2 Å². The van der Waals surface area contributed by atoms with E-state index in [1.54, 1.807) is 6.20 Å². The first-order valence-corrected chi connectivity index (χ1v) is 10.6. The summed E-state index contributed by atoms with van der Waals surface area (Å²) in [5.41, 5.74) is 3.03. The van der Waals surface area contributed by atoms with E-state index in [-0.39, 0.29) is 16.8 Å². The number of thioether (sulfide) groups is 1. The second kappa shape index (κ2) is 6.94. The number of ether oxygens (including phenoxy) is 1. The molecule has 1 unspecified atom stereocenters. The van der Waals surface area contributed by atoms with E-state index in [0.29, 0.717) is 6.61 Å². The van der Waals surface area contributed by atoms with Crippen LogP contribution in [0.15, 0.2) is 55.0 Å². The first-order chi connectivity index (χ1) is 13.6. The SMILES string of the molecule is Cn1ccc2cc(C(=O)N3CC4(CC(OCc5cccnc5)CS4)C3)ccc21. The summed E-state index contributed by atoms with van der Waals surface area (Å²) in [6, 6.07) is 12.0. The molecule has 4 heterocycles. The molecule has 2 saturated heterocycles. The Bertz CT molecular complexity index is 1010. The summed E-state index contributed by atoms with van der Waals surface area (Å²) in [5.74, 6) is 1.13. The van der Waals surface area contributed by atoms with Gasteiger partial charge in [0, 0.05) is 60.9 Å². The van der Waals surface area contributed by atoms with Crippen molar-refractivity contribution in [3.63, 3.8) is 0 Å². The topological polar surface area (TPSA) is 47.4 Å². The fraction of sp³-hybridized carbons (Fsp3) is 0.364. The van der Waals surface area contributed by atoms with Crippen LogP contribution in [0, 0.1) is 0 Å². The number of aromatic nitrogens is 2. The van der Waals surface area contributed by atoms with Gasteiger partial charge in [0.1, 0.15) is 0 Å². The summed E-state index contributed by atoms with van der Waals surface area (Å²) in [6.45, 7) is 2.24. The highest BCUT2D eigenvalue weighted by Crippen LogP contribution is 2.46. The van der Waals surface area contributed by atoms with E-state index < -0.39 is 0 Å². The third kappa shape index (κ3) is 3.20. The van der Waals surface area contributed by atoms with Crippen molar-refractivity contribution < 1.29 is 9.53 Å². The minimum Gasteiger partial charge on any atom is -0.373 e. The Morgan fingerprint density at radius 2 is 2.21 bits per heavy atom. The van der Waals surface area contributed by atoms with Crippen LogP contribution in [-0.2, 0) is 18.4 Å². The number of nitrogens with zero attached hydrogens (tertiary/aromatic N) is 3. The monoisotopic (exact) mass is 393 g/mol. The van der Waals surface area contributed by atoms with E-state index in [9.17, 15) is 4.79 Å². The Labute approximate surface area is 168 Å². The molecule has 144 valence electrons. The summed E-state index contributed by atoms with van der Waals surface area (Å²) in [4.78, 5) is 19.0. The molecular weight excluding hydrogens is 370 g/mol. The number of fused-ring (bicyclic) bond motifs is 1. The van der Waals surface area contributed by atoms with E-state index >= 15 is 0 Å². The Morgan fingerprint density at radius 3 is 3.04 bits per heavy atom.